The molecule has 0 atom stereocenters. The predicted octanol–water partition coefficient (Wildman–Crippen LogP) is 2.44. The van der Waals surface area contributed by atoms with Crippen molar-refractivity contribution in [1.82, 2.24) is 34.6 Å². The Kier molecular flexibility index (Phi) is 2.97. The number of aromatic nitrogens is 7. The zero-order chi connectivity index (χ0) is 15.1. The van der Waals surface area contributed by atoms with Crippen molar-refractivity contribution in [1.29, 1.82) is 0 Å². The van der Waals surface area contributed by atoms with E-state index in [1.54, 1.807) is 10.7 Å². The van der Waals surface area contributed by atoms with Gasteiger partial charge in [0.15, 0.2) is 5.01 Å². The van der Waals surface area contributed by atoms with E-state index < -0.39 is 0 Å². The Hall–Kier alpha value is -2.61. The summed E-state index contributed by atoms with van der Waals surface area (Å²) in [4.78, 5) is 5.04. The van der Waals surface area contributed by atoms with E-state index in [0.29, 0.717) is 5.82 Å². The largest absolute Gasteiger partial charge is 0.269 e. The maximum absolute atomic E-state index is 4.60. The summed E-state index contributed by atoms with van der Waals surface area (Å²) in [7, 11) is 0. The van der Waals surface area contributed by atoms with Crippen molar-refractivity contribution in [2.45, 2.75) is 20.4 Å². The Balaban J connectivity index is 1.83. The Morgan fingerprint density at radius 2 is 2.05 bits per heavy atom. The van der Waals surface area contributed by atoms with Crippen molar-refractivity contribution in [3.05, 3.63) is 36.2 Å². The molecule has 8 heteroatoms. The SMILES string of the molecule is CCn1nc(-c2nn3c(-c4ccccn4)nnc3s2)cc1C. The third kappa shape index (κ3) is 2.00. The van der Waals surface area contributed by atoms with Crippen LogP contribution >= 0.6 is 11.3 Å². The molecule has 0 N–H and O–H groups in total. The van der Waals surface area contributed by atoms with E-state index in [0.717, 1.165) is 33.6 Å². The fourth-order valence-electron chi connectivity index (χ4n) is 2.31. The average Bonchev–Trinajstić information content (AvgIpc) is 3.21. The number of hydrogen-bond acceptors (Lipinski definition) is 6. The first kappa shape index (κ1) is 13.1. The van der Waals surface area contributed by atoms with Gasteiger partial charge in [-0.25, -0.2) is 0 Å². The summed E-state index contributed by atoms with van der Waals surface area (Å²) in [5.41, 5.74) is 2.73. The molecule has 0 amide bonds. The highest BCUT2D eigenvalue weighted by atomic mass is 32.1. The first-order valence-corrected chi connectivity index (χ1v) is 7.76. The number of nitrogens with zero attached hydrogens (tertiary/aromatic N) is 7. The van der Waals surface area contributed by atoms with Crippen molar-refractivity contribution >= 4 is 16.3 Å². The number of aryl methyl sites for hydroxylation is 2. The Morgan fingerprint density at radius 1 is 1.14 bits per heavy atom. The van der Waals surface area contributed by atoms with Crippen LogP contribution in [-0.4, -0.2) is 34.6 Å². The van der Waals surface area contributed by atoms with Crippen LogP contribution in [0.25, 0.3) is 27.2 Å². The van der Waals surface area contributed by atoms with E-state index in [1.807, 2.05) is 35.9 Å². The smallest absolute Gasteiger partial charge is 0.235 e. The van der Waals surface area contributed by atoms with Gasteiger partial charge in [-0.1, -0.05) is 17.4 Å². The molecule has 7 nitrogen and oxygen atoms in total. The molecule has 0 aliphatic rings. The molecule has 0 saturated heterocycles. The second-order valence-electron chi connectivity index (χ2n) is 4.83. The highest BCUT2D eigenvalue weighted by Crippen LogP contribution is 2.27. The van der Waals surface area contributed by atoms with Crippen molar-refractivity contribution in [2.24, 2.45) is 0 Å². The topological polar surface area (TPSA) is 73.8 Å². The molecule has 4 rings (SSSR count). The monoisotopic (exact) mass is 311 g/mol. The summed E-state index contributed by atoms with van der Waals surface area (Å²) < 4.78 is 3.68. The lowest BCUT2D eigenvalue weighted by molar-refractivity contribution is 0.641. The standard InChI is InChI=1S/C14H13N7S/c1-3-20-9(2)8-11(18-20)13-19-21-12(16-17-14(21)22-13)10-6-4-5-7-15-10/h4-8H,3H2,1-2H3. The van der Waals surface area contributed by atoms with Gasteiger partial charge in [0.25, 0.3) is 0 Å². The Morgan fingerprint density at radius 3 is 2.77 bits per heavy atom. The lowest BCUT2D eigenvalue weighted by atomic mass is 10.3. The quantitative estimate of drug-likeness (QED) is 0.581. The van der Waals surface area contributed by atoms with Gasteiger partial charge < -0.3 is 0 Å². The van der Waals surface area contributed by atoms with Gasteiger partial charge >= 0.3 is 0 Å². The minimum Gasteiger partial charge on any atom is -0.269 e. The summed E-state index contributed by atoms with van der Waals surface area (Å²) in [6, 6.07) is 7.72. The van der Waals surface area contributed by atoms with Crippen LogP contribution in [0.5, 0.6) is 0 Å². The van der Waals surface area contributed by atoms with Crippen LogP contribution in [0, 0.1) is 6.92 Å². The first-order valence-electron chi connectivity index (χ1n) is 6.94. The molecule has 0 aliphatic heterocycles. The molecule has 0 radical (unpaired) electrons. The number of pyridine rings is 1. The minimum absolute atomic E-state index is 0.643. The fraction of sp³-hybridized carbons (Fsp3) is 0.214. The van der Waals surface area contributed by atoms with Gasteiger partial charge in [0.2, 0.25) is 10.8 Å². The normalized spacial score (nSPS) is 11.4. The molecule has 4 aromatic heterocycles. The van der Waals surface area contributed by atoms with Crippen LogP contribution in [0.2, 0.25) is 0 Å². The maximum Gasteiger partial charge on any atom is 0.235 e. The zero-order valence-corrected chi connectivity index (χ0v) is 12.9. The van der Waals surface area contributed by atoms with Gasteiger partial charge in [-0.15, -0.1) is 10.2 Å². The third-order valence-corrected chi connectivity index (χ3v) is 4.31. The lowest BCUT2D eigenvalue weighted by Gasteiger charge is -1.96. The van der Waals surface area contributed by atoms with Crippen molar-refractivity contribution < 1.29 is 0 Å². The molecule has 22 heavy (non-hydrogen) atoms. The molecule has 110 valence electrons. The highest BCUT2D eigenvalue weighted by Gasteiger charge is 2.17. The first-order chi connectivity index (χ1) is 10.8. The third-order valence-electron chi connectivity index (χ3n) is 3.38. The molecule has 0 spiro atoms. The number of hydrogen-bond donors (Lipinski definition) is 0. The Bertz CT molecular complexity index is 935. The van der Waals surface area contributed by atoms with Crippen molar-refractivity contribution in [3.8, 4) is 22.2 Å². The van der Waals surface area contributed by atoms with E-state index >= 15 is 0 Å². The van der Waals surface area contributed by atoms with E-state index in [-0.39, 0.29) is 0 Å². The summed E-state index contributed by atoms with van der Waals surface area (Å²) in [6.07, 6.45) is 1.73. The average molecular weight is 311 g/mol. The van der Waals surface area contributed by atoms with E-state index in [4.69, 9.17) is 0 Å². The molecule has 4 heterocycles. The van der Waals surface area contributed by atoms with Crippen molar-refractivity contribution in [2.75, 3.05) is 0 Å². The minimum atomic E-state index is 0.643. The molecule has 4 aromatic rings. The second kappa shape index (κ2) is 4.99. The van der Waals surface area contributed by atoms with Crippen molar-refractivity contribution in [3.63, 3.8) is 0 Å². The zero-order valence-electron chi connectivity index (χ0n) is 12.1. The highest BCUT2D eigenvalue weighted by molar-refractivity contribution is 7.19. The second-order valence-corrected chi connectivity index (χ2v) is 5.78. The summed E-state index contributed by atoms with van der Waals surface area (Å²) >= 11 is 1.47. The summed E-state index contributed by atoms with van der Waals surface area (Å²) in [5, 5.41) is 18.4. The molecular weight excluding hydrogens is 298 g/mol. The molecular formula is C14H13N7S. The number of rotatable bonds is 3. The Labute approximate surface area is 130 Å². The molecule has 0 saturated carbocycles. The molecule has 0 aliphatic carbocycles. The maximum atomic E-state index is 4.60. The van der Waals surface area contributed by atoms with Gasteiger partial charge in [0, 0.05) is 18.4 Å². The number of fused-ring (bicyclic) bond motifs is 1. The van der Waals surface area contributed by atoms with Gasteiger partial charge in [-0.05, 0) is 32.0 Å². The van der Waals surface area contributed by atoms with Crippen LogP contribution in [0.15, 0.2) is 30.5 Å². The molecule has 0 unspecified atom stereocenters. The van der Waals surface area contributed by atoms with Crippen LogP contribution in [0.3, 0.4) is 0 Å². The van der Waals surface area contributed by atoms with Gasteiger partial charge in [0.05, 0.1) is 0 Å². The summed E-state index contributed by atoms with van der Waals surface area (Å²) in [6.45, 7) is 4.95. The van der Waals surface area contributed by atoms with Crippen LogP contribution in [0.4, 0.5) is 0 Å². The molecule has 0 fully saturated rings. The summed E-state index contributed by atoms with van der Waals surface area (Å²) in [5.74, 6) is 0.643. The molecule has 0 bridgehead atoms. The van der Waals surface area contributed by atoms with E-state index in [1.165, 1.54) is 11.3 Å². The van der Waals surface area contributed by atoms with Crippen LogP contribution in [0.1, 0.15) is 12.6 Å². The van der Waals surface area contributed by atoms with Gasteiger partial charge in [-0.3, -0.25) is 9.67 Å². The van der Waals surface area contributed by atoms with Gasteiger partial charge in [-0.2, -0.15) is 14.7 Å². The fourth-order valence-corrected chi connectivity index (χ4v) is 3.11. The lowest BCUT2D eigenvalue weighted by Crippen LogP contribution is -1.98. The van der Waals surface area contributed by atoms with Crippen LogP contribution < -0.4 is 0 Å². The van der Waals surface area contributed by atoms with E-state index in [2.05, 4.69) is 32.3 Å². The predicted molar refractivity (Wildman–Crippen MR) is 83.5 cm³/mol. The van der Waals surface area contributed by atoms with Crippen LogP contribution in [-0.2, 0) is 6.54 Å². The van der Waals surface area contributed by atoms with Gasteiger partial charge in [0.1, 0.15) is 11.4 Å². The molecule has 0 aromatic carbocycles. The van der Waals surface area contributed by atoms with E-state index in [9.17, 15) is 0 Å².